The van der Waals surface area contributed by atoms with Crippen molar-refractivity contribution in [2.45, 2.75) is 19.0 Å². The van der Waals surface area contributed by atoms with Gasteiger partial charge in [0.25, 0.3) is 0 Å². The Kier molecular flexibility index (Phi) is 4.39. The number of benzene rings is 1. The van der Waals surface area contributed by atoms with Gasteiger partial charge >= 0.3 is 12.4 Å². The third-order valence-corrected chi connectivity index (χ3v) is 2.79. The maximum atomic E-state index is 12.7. The molecule has 0 amide bonds. The summed E-state index contributed by atoms with van der Waals surface area (Å²) in [4.78, 5) is 3.74. The summed E-state index contributed by atoms with van der Waals surface area (Å²) in [5, 5.41) is 0. The van der Waals surface area contributed by atoms with E-state index in [1.54, 1.807) is 0 Å². The van der Waals surface area contributed by atoms with Gasteiger partial charge in [-0.3, -0.25) is 0 Å². The van der Waals surface area contributed by atoms with Crippen LogP contribution in [0, 0.1) is 0 Å². The van der Waals surface area contributed by atoms with Crippen molar-refractivity contribution in [2.75, 3.05) is 5.73 Å². The van der Waals surface area contributed by atoms with Crippen molar-refractivity contribution < 1.29 is 31.1 Å². The number of rotatable bonds is 3. The number of halogens is 6. The molecule has 0 aliphatic heterocycles. The van der Waals surface area contributed by atoms with Crippen LogP contribution in [-0.4, -0.2) is 4.98 Å². The van der Waals surface area contributed by atoms with Gasteiger partial charge in [0.05, 0.1) is 23.0 Å². The molecule has 9 heteroatoms. The number of alkyl halides is 6. The first kappa shape index (κ1) is 16.9. The predicted molar refractivity (Wildman–Crippen MR) is 69.4 cm³/mol. The van der Waals surface area contributed by atoms with Crippen LogP contribution in [0.2, 0.25) is 0 Å². The van der Waals surface area contributed by atoms with Crippen molar-refractivity contribution >= 4 is 5.69 Å². The lowest BCUT2D eigenvalue weighted by Crippen LogP contribution is -2.12. The molecule has 1 aromatic carbocycles. The Hall–Kier alpha value is -2.45. The molecule has 2 aromatic rings. The number of pyridine rings is 1. The van der Waals surface area contributed by atoms with Gasteiger partial charge in [-0.05, 0) is 29.8 Å². The van der Waals surface area contributed by atoms with Crippen molar-refractivity contribution in [3.63, 3.8) is 0 Å². The molecule has 2 N–H and O–H groups in total. The van der Waals surface area contributed by atoms with Gasteiger partial charge in [-0.15, -0.1) is 0 Å². The molecular weight excluding hydrogens is 326 g/mol. The normalized spacial score (nSPS) is 12.3. The minimum absolute atomic E-state index is 0.0326. The number of ether oxygens (including phenoxy) is 1. The maximum Gasteiger partial charge on any atom is 0.416 e. The maximum absolute atomic E-state index is 12.7. The van der Waals surface area contributed by atoms with E-state index in [0.29, 0.717) is 17.8 Å². The SMILES string of the molecule is Nc1ccc(OCc2cc(C(F)(F)F)cc(C(F)(F)F)c2)nc1. The molecule has 0 radical (unpaired) electrons. The van der Waals surface area contributed by atoms with E-state index in [1.807, 2.05) is 0 Å². The number of anilines is 1. The summed E-state index contributed by atoms with van der Waals surface area (Å²) < 4.78 is 81.3. The molecule has 0 aliphatic carbocycles. The number of nitrogens with zero attached hydrogens (tertiary/aromatic N) is 1. The summed E-state index contributed by atoms with van der Waals surface area (Å²) >= 11 is 0. The highest BCUT2D eigenvalue weighted by molar-refractivity contribution is 5.36. The average Bonchev–Trinajstić information content (AvgIpc) is 2.44. The highest BCUT2D eigenvalue weighted by atomic mass is 19.4. The molecule has 0 aliphatic rings. The molecule has 124 valence electrons. The highest BCUT2D eigenvalue weighted by Gasteiger charge is 2.36. The minimum Gasteiger partial charge on any atom is -0.473 e. The smallest absolute Gasteiger partial charge is 0.416 e. The summed E-state index contributed by atoms with van der Waals surface area (Å²) in [6, 6.07) is 4.06. The number of nitrogens with two attached hydrogens (primary N) is 1. The molecule has 0 saturated carbocycles. The van der Waals surface area contributed by atoms with Crippen LogP contribution in [-0.2, 0) is 19.0 Å². The monoisotopic (exact) mass is 336 g/mol. The summed E-state index contributed by atoms with van der Waals surface area (Å²) in [6.45, 7) is -0.496. The second-order valence-corrected chi connectivity index (χ2v) is 4.63. The summed E-state index contributed by atoms with van der Waals surface area (Å²) in [6.07, 6.45) is -8.53. The standard InChI is InChI=1S/C14H10F6N2O/c15-13(16,17)9-3-8(4-10(5-9)14(18,19)20)7-23-12-2-1-11(21)6-22-12/h1-6H,7,21H2. The molecule has 0 bridgehead atoms. The van der Waals surface area contributed by atoms with Crippen molar-refractivity contribution in [1.29, 1.82) is 0 Å². The minimum atomic E-state index is -4.89. The van der Waals surface area contributed by atoms with Crippen molar-refractivity contribution in [3.05, 3.63) is 53.2 Å². The Balaban J connectivity index is 2.28. The van der Waals surface area contributed by atoms with Crippen LogP contribution in [0.3, 0.4) is 0 Å². The van der Waals surface area contributed by atoms with Gasteiger partial charge in [0, 0.05) is 6.07 Å². The lowest BCUT2D eigenvalue weighted by molar-refractivity contribution is -0.143. The Labute approximate surface area is 126 Å². The van der Waals surface area contributed by atoms with Crippen LogP contribution in [0.15, 0.2) is 36.5 Å². The lowest BCUT2D eigenvalue weighted by Gasteiger charge is -2.14. The van der Waals surface area contributed by atoms with Gasteiger partial charge in [0.2, 0.25) is 5.88 Å². The third kappa shape index (κ3) is 4.51. The first-order valence-corrected chi connectivity index (χ1v) is 6.18. The second-order valence-electron chi connectivity index (χ2n) is 4.63. The van der Waals surface area contributed by atoms with Crippen LogP contribution >= 0.6 is 0 Å². The second kappa shape index (κ2) is 5.98. The van der Waals surface area contributed by atoms with Gasteiger partial charge in [-0.25, -0.2) is 4.98 Å². The van der Waals surface area contributed by atoms with Crippen LogP contribution in [0.4, 0.5) is 32.0 Å². The van der Waals surface area contributed by atoms with Crippen LogP contribution in [0.1, 0.15) is 16.7 Å². The topological polar surface area (TPSA) is 48.1 Å². The zero-order valence-corrected chi connectivity index (χ0v) is 11.4. The summed E-state index contributed by atoms with van der Waals surface area (Å²) in [5.41, 5.74) is 2.69. The van der Waals surface area contributed by atoms with E-state index in [0.717, 1.165) is 0 Å². The van der Waals surface area contributed by atoms with E-state index in [2.05, 4.69) is 4.98 Å². The van der Waals surface area contributed by atoms with E-state index in [4.69, 9.17) is 10.5 Å². The number of hydrogen-bond donors (Lipinski definition) is 1. The zero-order chi connectivity index (χ0) is 17.3. The van der Waals surface area contributed by atoms with E-state index >= 15 is 0 Å². The van der Waals surface area contributed by atoms with Gasteiger partial charge < -0.3 is 10.5 Å². The van der Waals surface area contributed by atoms with Gasteiger partial charge in [0.15, 0.2) is 0 Å². The molecule has 3 nitrogen and oxygen atoms in total. The quantitative estimate of drug-likeness (QED) is 0.851. The van der Waals surface area contributed by atoms with E-state index in [-0.39, 0.29) is 17.5 Å². The van der Waals surface area contributed by atoms with Crippen molar-refractivity contribution in [3.8, 4) is 5.88 Å². The predicted octanol–water partition coefficient (Wildman–Crippen LogP) is 4.28. The van der Waals surface area contributed by atoms with E-state index in [9.17, 15) is 26.3 Å². The fraction of sp³-hybridized carbons (Fsp3) is 0.214. The molecular formula is C14H10F6N2O. The number of nitrogen functional groups attached to an aromatic ring is 1. The van der Waals surface area contributed by atoms with Crippen molar-refractivity contribution in [1.82, 2.24) is 4.98 Å². The van der Waals surface area contributed by atoms with E-state index in [1.165, 1.54) is 18.3 Å². The number of hydrogen-bond acceptors (Lipinski definition) is 3. The fourth-order valence-corrected chi connectivity index (χ4v) is 1.74. The summed E-state index contributed by atoms with van der Waals surface area (Å²) in [7, 11) is 0. The first-order valence-electron chi connectivity index (χ1n) is 6.18. The largest absolute Gasteiger partial charge is 0.473 e. The third-order valence-electron chi connectivity index (χ3n) is 2.79. The molecule has 1 heterocycles. The molecule has 0 atom stereocenters. The average molecular weight is 336 g/mol. The Morgan fingerprint density at radius 1 is 0.913 bits per heavy atom. The van der Waals surface area contributed by atoms with Gasteiger partial charge in [-0.1, -0.05) is 0 Å². The summed E-state index contributed by atoms with van der Waals surface area (Å²) in [5.74, 6) is 0.0326. The highest BCUT2D eigenvalue weighted by Crippen LogP contribution is 2.36. The lowest BCUT2D eigenvalue weighted by atomic mass is 10.1. The zero-order valence-electron chi connectivity index (χ0n) is 11.4. The van der Waals surface area contributed by atoms with Crippen molar-refractivity contribution in [2.24, 2.45) is 0 Å². The Morgan fingerprint density at radius 2 is 1.48 bits per heavy atom. The molecule has 0 unspecified atom stereocenters. The van der Waals surface area contributed by atoms with Crippen LogP contribution in [0.5, 0.6) is 5.88 Å². The van der Waals surface area contributed by atoms with Crippen LogP contribution < -0.4 is 10.5 Å². The van der Waals surface area contributed by atoms with E-state index < -0.39 is 30.1 Å². The molecule has 23 heavy (non-hydrogen) atoms. The van der Waals surface area contributed by atoms with Gasteiger partial charge in [0.1, 0.15) is 6.61 Å². The fourth-order valence-electron chi connectivity index (χ4n) is 1.74. The molecule has 2 rings (SSSR count). The van der Waals surface area contributed by atoms with Crippen LogP contribution in [0.25, 0.3) is 0 Å². The first-order chi connectivity index (χ1) is 10.6. The molecule has 0 fully saturated rings. The number of aromatic nitrogens is 1. The van der Waals surface area contributed by atoms with Gasteiger partial charge in [-0.2, -0.15) is 26.3 Å². The molecule has 0 spiro atoms. The molecule has 1 aromatic heterocycles. The molecule has 0 saturated heterocycles. The Bertz CT molecular complexity index is 647. The Morgan fingerprint density at radius 3 is 1.91 bits per heavy atom.